The van der Waals surface area contributed by atoms with Crippen molar-refractivity contribution >= 4 is 0 Å². The molecule has 18 heavy (non-hydrogen) atoms. The van der Waals surface area contributed by atoms with E-state index in [2.05, 4.69) is 30.6 Å². The normalized spacial score (nSPS) is 23.0. The zero-order chi connectivity index (χ0) is 13.8. The highest BCUT2D eigenvalue weighted by molar-refractivity contribution is 4.83. The molecule has 1 aliphatic heterocycles. The van der Waals surface area contributed by atoms with E-state index >= 15 is 0 Å². The second-order valence-corrected chi connectivity index (χ2v) is 6.92. The number of piperazine rings is 1. The predicted molar refractivity (Wildman–Crippen MR) is 76.7 cm³/mol. The minimum atomic E-state index is -0.409. The Balaban J connectivity index is 2.20. The molecular formula is C14H31N3O. The zero-order valence-corrected chi connectivity index (χ0v) is 12.6. The van der Waals surface area contributed by atoms with E-state index in [9.17, 15) is 0 Å². The molecule has 0 spiro atoms. The van der Waals surface area contributed by atoms with E-state index < -0.39 is 5.54 Å². The van der Waals surface area contributed by atoms with Crippen molar-refractivity contribution in [3.8, 4) is 0 Å². The fraction of sp³-hybridized carbons (Fsp3) is 1.00. The quantitative estimate of drug-likeness (QED) is 0.768. The SMILES string of the molecule is CC(N)(CO)CCCN1CCN(C(C)(C)C)CC1. The summed E-state index contributed by atoms with van der Waals surface area (Å²) in [5.74, 6) is 0. The summed E-state index contributed by atoms with van der Waals surface area (Å²) in [6, 6.07) is 0. The Kier molecular flexibility index (Phi) is 5.59. The third-order valence-corrected chi connectivity index (χ3v) is 3.90. The van der Waals surface area contributed by atoms with Crippen LogP contribution in [0.3, 0.4) is 0 Å². The Morgan fingerprint density at radius 1 is 1.06 bits per heavy atom. The van der Waals surface area contributed by atoms with Crippen LogP contribution in [-0.4, -0.2) is 65.3 Å². The molecule has 0 radical (unpaired) electrons. The molecule has 1 saturated heterocycles. The van der Waals surface area contributed by atoms with Crippen molar-refractivity contribution in [2.24, 2.45) is 5.73 Å². The first-order valence-corrected chi connectivity index (χ1v) is 7.12. The summed E-state index contributed by atoms with van der Waals surface area (Å²) in [4.78, 5) is 5.06. The van der Waals surface area contributed by atoms with Crippen LogP contribution in [-0.2, 0) is 0 Å². The predicted octanol–water partition coefficient (Wildman–Crippen LogP) is 0.892. The van der Waals surface area contributed by atoms with E-state index in [1.165, 1.54) is 0 Å². The third-order valence-electron chi connectivity index (χ3n) is 3.90. The molecule has 0 amide bonds. The molecule has 0 aliphatic carbocycles. The highest BCUT2D eigenvalue weighted by Crippen LogP contribution is 2.16. The summed E-state index contributed by atoms with van der Waals surface area (Å²) in [5.41, 5.74) is 5.82. The van der Waals surface area contributed by atoms with Crippen molar-refractivity contribution in [3.05, 3.63) is 0 Å². The topological polar surface area (TPSA) is 52.7 Å². The number of hydrogen-bond acceptors (Lipinski definition) is 4. The summed E-state index contributed by atoms with van der Waals surface area (Å²) >= 11 is 0. The number of hydrogen-bond donors (Lipinski definition) is 2. The van der Waals surface area contributed by atoms with Gasteiger partial charge in [0.05, 0.1) is 6.61 Å². The maximum Gasteiger partial charge on any atom is 0.0608 e. The lowest BCUT2D eigenvalue weighted by Gasteiger charge is -2.42. The molecule has 1 fully saturated rings. The third kappa shape index (κ3) is 5.22. The molecule has 1 atom stereocenters. The van der Waals surface area contributed by atoms with Gasteiger partial charge in [-0.3, -0.25) is 4.90 Å². The summed E-state index contributed by atoms with van der Waals surface area (Å²) in [6.45, 7) is 14.6. The van der Waals surface area contributed by atoms with E-state index in [1.807, 2.05) is 6.92 Å². The molecule has 4 nitrogen and oxygen atoms in total. The van der Waals surface area contributed by atoms with Gasteiger partial charge in [0.2, 0.25) is 0 Å². The van der Waals surface area contributed by atoms with Gasteiger partial charge < -0.3 is 15.7 Å². The lowest BCUT2D eigenvalue weighted by atomic mass is 9.98. The van der Waals surface area contributed by atoms with Crippen molar-refractivity contribution in [1.82, 2.24) is 9.80 Å². The van der Waals surface area contributed by atoms with Gasteiger partial charge in [-0.05, 0) is 47.1 Å². The monoisotopic (exact) mass is 257 g/mol. The summed E-state index contributed by atoms with van der Waals surface area (Å²) in [7, 11) is 0. The van der Waals surface area contributed by atoms with Gasteiger partial charge in [0.25, 0.3) is 0 Å². The maximum atomic E-state index is 9.11. The Labute approximate surface area is 112 Å². The Morgan fingerprint density at radius 3 is 2.06 bits per heavy atom. The molecule has 1 heterocycles. The average Bonchev–Trinajstić information content (AvgIpc) is 2.28. The number of nitrogens with zero attached hydrogens (tertiary/aromatic N) is 2. The van der Waals surface area contributed by atoms with Crippen LogP contribution in [0.5, 0.6) is 0 Å². The van der Waals surface area contributed by atoms with Crippen LogP contribution in [0, 0.1) is 0 Å². The van der Waals surface area contributed by atoms with Crippen LogP contribution in [0.15, 0.2) is 0 Å². The number of rotatable bonds is 5. The number of aliphatic hydroxyl groups excluding tert-OH is 1. The molecule has 4 heteroatoms. The highest BCUT2D eigenvalue weighted by Gasteiger charge is 2.25. The van der Waals surface area contributed by atoms with E-state index in [0.717, 1.165) is 45.6 Å². The Morgan fingerprint density at radius 2 is 1.61 bits per heavy atom. The van der Waals surface area contributed by atoms with Crippen LogP contribution in [0.25, 0.3) is 0 Å². The number of aliphatic hydroxyl groups is 1. The minimum absolute atomic E-state index is 0.0742. The van der Waals surface area contributed by atoms with Gasteiger partial charge in [-0.25, -0.2) is 0 Å². The smallest absolute Gasteiger partial charge is 0.0608 e. The number of nitrogens with two attached hydrogens (primary N) is 1. The first kappa shape index (κ1) is 15.9. The van der Waals surface area contributed by atoms with Crippen LogP contribution in [0.1, 0.15) is 40.5 Å². The van der Waals surface area contributed by atoms with E-state index in [1.54, 1.807) is 0 Å². The maximum absolute atomic E-state index is 9.11. The largest absolute Gasteiger partial charge is 0.394 e. The molecule has 0 aromatic carbocycles. The molecule has 1 unspecified atom stereocenters. The van der Waals surface area contributed by atoms with Crippen LogP contribution >= 0.6 is 0 Å². The standard InChI is InChI=1S/C14H31N3O/c1-13(2,3)17-10-8-16(9-11-17)7-5-6-14(4,15)12-18/h18H,5-12,15H2,1-4H3. The molecule has 0 saturated carbocycles. The lowest BCUT2D eigenvalue weighted by molar-refractivity contribution is 0.0603. The van der Waals surface area contributed by atoms with E-state index in [0.29, 0.717) is 5.54 Å². The molecular weight excluding hydrogens is 226 g/mol. The van der Waals surface area contributed by atoms with Gasteiger partial charge in [0, 0.05) is 37.3 Å². The van der Waals surface area contributed by atoms with Gasteiger partial charge in [-0.1, -0.05) is 0 Å². The lowest BCUT2D eigenvalue weighted by Crippen LogP contribution is -2.53. The van der Waals surface area contributed by atoms with Crippen molar-refractivity contribution in [2.75, 3.05) is 39.3 Å². The van der Waals surface area contributed by atoms with Crippen molar-refractivity contribution in [3.63, 3.8) is 0 Å². The Bertz CT molecular complexity index is 240. The molecule has 108 valence electrons. The van der Waals surface area contributed by atoms with Crippen molar-refractivity contribution < 1.29 is 5.11 Å². The van der Waals surface area contributed by atoms with Crippen molar-refractivity contribution in [1.29, 1.82) is 0 Å². The molecule has 0 aromatic heterocycles. The van der Waals surface area contributed by atoms with Gasteiger partial charge >= 0.3 is 0 Å². The Hall–Kier alpha value is -0.160. The highest BCUT2D eigenvalue weighted by atomic mass is 16.3. The first-order valence-electron chi connectivity index (χ1n) is 7.12. The van der Waals surface area contributed by atoms with E-state index in [4.69, 9.17) is 10.8 Å². The fourth-order valence-electron chi connectivity index (χ4n) is 2.43. The van der Waals surface area contributed by atoms with Gasteiger partial charge in [0.1, 0.15) is 0 Å². The second kappa shape index (κ2) is 6.33. The molecule has 1 rings (SSSR count). The molecule has 3 N–H and O–H groups in total. The summed E-state index contributed by atoms with van der Waals surface area (Å²) in [6.07, 6.45) is 1.96. The molecule has 0 aromatic rings. The van der Waals surface area contributed by atoms with Crippen LogP contribution in [0.4, 0.5) is 0 Å². The second-order valence-electron chi connectivity index (χ2n) is 6.92. The molecule has 1 aliphatic rings. The van der Waals surface area contributed by atoms with Gasteiger partial charge in [-0.2, -0.15) is 0 Å². The molecule has 0 bridgehead atoms. The first-order chi connectivity index (χ1) is 8.24. The summed E-state index contributed by atoms with van der Waals surface area (Å²) < 4.78 is 0. The average molecular weight is 257 g/mol. The van der Waals surface area contributed by atoms with Crippen LogP contribution < -0.4 is 5.73 Å². The van der Waals surface area contributed by atoms with Gasteiger partial charge in [0.15, 0.2) is 0 Å². The van der Waals surface area contributed by atoms with Crippen LogP contribution in [0.2, 0.25) is 0 Å². The fourth-order valence-corrected chi connectivity index (χ4v) is 2.43. The summed E-state index contributed by atoms with van der Waals surface area (Å²) in [5, 5.41) is 9.11. The zero-order valence-electron chi connectivity index (χ0n) is 12.6. The minimum Gasteiger partial charge on any atom is -0.394 e. The van der Waals surface area contributed by atoms with Crippen molar-refractivity contribution in [2.45, 2.75) is 51.6 Å². The van der Waals surface area contributed by atoms with E-state index in [-0.39, 0.29) is 6.61 Å². The van der Waals surface area contributed by atoms with Gasteiger partial charge in [-0.15, -0.1) is 0 Å².